The molecule has 0 fully saturated rings. The number of hydrogen-bond acceptors (Lipinski definition) is 6. The van der Waals surface area contributed by atoms with Crippen LogP contribution in [0.25, 0.3) is 0 Å². The normalized spacial score (nSPS) is 10.7. The number of carbonyl (C=O) groups is 1. The zero-order valence-corrected chi connectivity index (χ0v) is 18.1. The third-order valence-corrected chi connectivity index (χ3v) is 5.05. The van der Waals surface area contributed by atoms with Gasteiger partial charge in [-0.05, 0) is 48.7 Å². The van der Waals surface area contributed by atoms with Gasteiger partial charge >= 0.3 is 5.69 Å². The smallest absolute Gasteiger partial charge is 0.311 e. The van der Waals surface area contributed by atoms with Gasteiger partial charge in [0, 0.05) is 12.3 Å². The van der Waals surface area contributed by atoms with Gasteiger partial charge in [0.15, 0.2) is 11.5 Å². The molecule has 4 aromatic rings. The van der Waals surface area contributed by atoms with E-state index < -0.39 is 10.8 Å². The molecular formula is C24H22N4O5. The summed E-state index contributed by atoms with van der Waals surface area (Å²) in [7, 11) is 0. The van der Waals surface area contributed by atoms with E-state index in [1.807, 2.05) is 31.2 Å². The second-order valence-electron chi connectivity index (χ2n) is 7.59. The molecule has 2 heterocycles. The van der Waals surface area contributed by atoms with Crippen LogP contribution >= 0.6 is 0 Å². The fourth-order valence-corrected chi connectivity index (χ4v) is 3.29. The first-order chi connectivity index (χ1) is 15.9. The maximum atomic E-state index is 12.5. The number of nitrogens with one attached hydrogen (secondary N) is 1. The van der Waals surface area contributed by atoms with Crippen molar-refractivity contribution in [3.63, 3.8) is 0 Å². The molecular weight excluding hydrogens is 424 g/mol. The van der Waals surface area contributed by atoms with Crippen LogP contribution in [0.15, 0.2) is 71.4 Å². The number of nitro groups is 1. The van der Waals surface area contributed by atoms with Crippen LogP contribution in [0.2, 0.25) is 0 Å². The monoisotopic (exact) mass is 446 g/mol. The van der Waals surface area contributed by atoms with E-state index in [0.29, 0.717) is 18.0 Å². The van der Waals surface area contributed by atoms with Crippen LogP contribution in [0.5, 0.6) is 5.75 Å². The average Bonchev–Trinajstić information content (AvgIpc) is 3.44. The second-order valence-corrected chi connectivity index (χ2v) is 7.59. The van der Waals surface area contributed by atoms with Crippen molar-refractivity contribution in [3.05, 3.63) is 105 Å². The topological polar surface area (TPSA) is 112 Å². The highest BCUT2D eigenvalue weighted by atomic mass is 16.6. The van der Waals surface area contributed by atoms with E-state index in [0.717, 1.165) is 11.1 Å². The molecule has 1 amide bonds. The Morgan fingerprint density at radius 1 is 1.18 bits per heavy atom. The molecule has 0 radical (unpaired) electrons. The second kappa shape index (κ2) is 9.39. The summed E-state index contributed by atoms with van der Waals surface area (Å²) in [6, 6.07) is 15.9. The lowest BCUT2D eigenvalue weighted by Crippen LogP contribution is -2.10. The van der Waals surface area contributed by atoms with Gasteiger partial charge in [-0.1, -0.05) is 30.3 Å². The lowest BCUT2D eigenvalue weighted by molar-refractivity contribution is -0.386. The minimum Gasteiger partial charge on any atom is -0.479 e. The van der Waals surface area contributed by atoms with Gasteiger partial charge in [0.25, 0.3) is 5.91 Å². The van der Waals surface area contributed by atoms with Crippen molar-refractivity contribution in [2.45, 2.75) is 27.0 Å². The summed E-state index contributed by atoms with van der Waals surface area (Å²) >= 11 is 0. The van der Waals surface area contributed by atoms with Crippen molar-refractivity contribution >= 4 is 17.3 Å². The number of anilines is 1. The molecule has 4 rings (SSSR count). The largest absolute Gasteiger partial charge is 0.479 e. The molecule has 0 spiro atoms. The first kappa shape index (κ1) is 21.8. The standard InChI is InChI=1S/C24H22N4O5/c1-16-7-9-22(21(11-16)28(30)31)32-15-20-8-10-23(33-20)24(29)26-19-12-25-27(14-19)13-18-6-4-3-5-17(18)2/h3-12,14H,13,15H2,1-2H3,(H,26,29). The molecule has 1 N–H and O–H groups in total. The molecule has 0 bridgehead atoms. The number of amides is 1. The Bertz CT molecular complexity index is 1310. The van der Waals surface area contributed by atoms with Crippen molar-refractivity contribution in [1.82, 2.24) is 9.78 Å². The third kappa shape index (κ3) is 5.27. The first-order valence-corrected chi connectivity index (χ1v) is 10.2. The van der Waals surface area contributed by atoms with E-state index in [-0.39, 0.29) is 23.8 Å². The Balaban J connectivity index is 1.36. The maximum absolute atomic E-state index is 12.5. The number of carbonyl (C=O) groups excluding carboxylic acids is 1. The van der Waals surface area contributed by atoms with Gasteiger partial charge in [-0.25, -0.2) is 0 Å². The van der Waals surface area contributed by atoms with Crippen LogP contribution in [-0.2, 0) is 13.2 Å². The molecule has 9 nitrogen and oxygen atoms in total. The summed E-state index contributed by atoms with van der Waals surface area (Å²) in [5.74, 6) is 0.163. The maximum Gasteiger partial charge on any atom is 0.311 e. The summed E-state index contributed by atoms with van der Waals surface area (Å²) in [6.07, 6.45) is 3.31. The molecule has 2 aromatic heterocycles. The zero-order valence-electron chi connectivity index (χ0n) is 18.1. The van der Waals surface area contributed by atoms with Gasteiger partial charge in [-0.3, -0.25) is 19.6 Å². The van der Waals surface area contributed by atoms with Gasteiger partial charge < -0.3 is 14.5 Å². The van der Waals surface area contributed by atoms with Crippen molar-refractivity contribution in [2.75, 3.05) is 5.32 Å². The Morgan fingerprint density at radius 2 is 2.00 bits per heavy atom. The predicted molar refractivity (Wildman–Crippen MR) is 121 cm³/mol. The fraction of sp³-hybridized carbons (Fsp3) is 0.167. The van der Waals surface area contributed by atoms with Crippen molar-refractivity contribution in [1.29, 1.82) is 0 Å². The highest BCUT2D eigenvalue weighted by molar-refractivity contribution is 6.02. The number of aromatic nitrogens is 2. The molecule has 2 aromatic carbocycles. The van der Waals surface area contributed by atoms with E-state index in [9.17, 15) is 14.9 Å². The summed E-state index contributed by atoms with van der Waals surface area (Å²) in [6.45, 7) is 4.35. The highest BCUT2D eigenvalue weighted by Crippen LogP contribution is 2.28. The summed E-state index contributed by atoms with van der Waals surface area (Å²) in [5.41, 5.74) is 3.48. The molecule has 0 saturated carbocycles. The Hall–Kier alpha value is -4.40. The number of nitro benzene ring substituents is 1. The van der Waals surface area contributed by atoms with E-state index in [1.165, 1.54) is 17.7 Å². The van der Waals surface area contributed by atoms with Crippen LogP contribution < -0.4 is 10.1 Å². The predicted octanol–water partition coefficient (Wildman–Crippen LogP) is 4.88. The number of benzene rings is 2. The molecule has 0 aliphatic heterocycles. The van der Waals surface area contributed by atoms with Crippen LogP contribution in [-0.4, -0.2) is 20.6 Å². The number of nitrogens with zero attached hydrogens (tertiary/aromatic N) is 3. The van der Waals surface area contributed by atoms with Gasteiger partial charge in [-0.2, -0.15) is 5.10 Å². The lowest BCUT2D eigenvalue weighted by Gasteiger charge is -2.06. The van der Waals surface area contributed by atoms with Crippen molar-refractivity contribution in [2.24, 2.45) is 0 Å². The summed E-state index contributed by atoms with van der Waals surface area (Å²) in [4.78, 5) is 23.3. The molecule has 33 heavy (non-hydrogen) atoms. The van der Waals surface area contributed by atoms with E-state index >= 15 is 0 Å². The summed E-state index contributed by atoms with van der Waals surface area (Å²) < 4.78 is 12.8. The van der Waals surface area contributed by atoms with Gasteiger partial charge in [0.2, 0.25) is 0 Å². The van der Waals surface area contributed by atoms with Crippen LogP contribution in [0, 0.1) is 24.0 Å². The van der Waals surface area contributed by atoms with Crippen LogP contribution in [0.1, 0.15) is 33.0 Å². The van der Waals surface area contributed by atoms with E-state index in [1.54, 1.807) is 42.2 Å². The molecule has 0 aliphatic carbocycles. The molecule has 0 saturated heterocycles. The number of aryl methyl sites for hydroxylation is 2. The van der Waals surface area contributed by atoms with Crippen molar-refractivity contribution in [3.8, 4) is 5.75 Å². The van der Waals surface area contributed by atoms with Gasteiger partial charge in [0.05, 0.1) is 23.4 Å². The fourth-order valence-electron chi connectivity index (χ4n) is 3.29. The minimum absolute atomic E-state index is 0.0501. The van der Waals surface area contributed by atoms with E-state index in [2.05, 4.69) is 10.4 Å². The minimum atomic E-state index is -0.497. The zero-order chi connectivity index (χ0) is 23.4. The number of ether oxygens (including phenoxy) is 1. The Kier molecular flexibility index (Phi) is 6.21. The molecule has 0 atom stereocenters. The number of hydrogen-bond donors (Lipinski definition) is 1. The molecule has 0 aliphatic rings. The van der Waals surface area contributed by atoms with E-state index in [4.69, 9.17) is 9.15 Å². The first-order valence-electron chi connectivity index (χ1n) is 10.2. The number of rotatable bonds is 8. The Morgan fingerprint density at radius 3 is 2.79 bits per heavy atom. The quantitative estimate of drug-likeness (QED) is 0.305. The third-order valence-electron chi connectivity index (χ3n) is 5.05. The Labute approximate surface area is 189 Å². The highest BCUT2D eigenvalue weighted by Gasteiger charge is 2.17. The SMILES string of the molecule is Cc1ccc(OCc2ccc(C(=O)Nc3cnn(Cc4ccccc4C)c3)o2)c([N+](=O)[O-])c1. The molecule has 168 valence electrons. The van der Waals surface area contributed by atoms with Crippen LogP contribution in [0.4, 0.5) is 11.4 Å². The summed E-state index contributed by atoms with van der Waals surface area (Å²) in [5, 5.41) is 18.3. The van der Waals surface area contributed by atoms with Gasteiger partial charge in [0.1, 0.15) is 12.4 Å². The average molecular weight is 446 g/mol. The lowest BCUT2D eigenvalue weighted by atomic mass is 10.1. The number of furan rings is 1. The van der Waals surface area contributed by atoms with Crippen molar-refractivity contribution < 1.29 is 18.9 Å². The molecule has 9 heteroatoms. The van der Waals surface area contributed by atoms with Crippen LogP contribution in [0.3, 0.4) is 0 Å². The molecule has 0 unspecified atom stereocenters. The van der Waals surface area contributed by atoms with Gasteiger partial charge in [-0.15, -0.1) is 0 Å².